The van der Waals surface area contributed by atoms with Gasteiger partial charge in [-0.15, -0.1) is 0 Å². The van der Waals surface area contributed by atoms with Crippen LogP contribution in [0.1, 0.15) is 5.56 Å². The predicted molar refractivity (Wildman–Crippen MR) is 48.6 cm³/mol. The number of alkyl halides is 3. The molecule has 0 aliphatic carbocycles. The summed E-state index contributed by atoms with van der Waals surface area (Å²) < 4.78 is 39.5. The van der Waals surface area contributed by atoms with Crippen molar-refractivity contribution in [1.29, 1.82) is 0 Å². The Balaban J connectivity index is 3.05. The van der Waals surface area contributed by atoms with Crippen LogP contribution in [0.5, 0.6) is 0 Å². The second-order valence-corrected chi connectivity index (χ2v) is 2.96. The summed E-state index contributed by atoms with van der Waals surface area (Å²) in [5.41, 5.74) is -0.535. The summed E-state index contributed by atoms with van der Waals surface area (Å²) >= 11 is 1.13. The van der Waals surface area contributed by atoms with E-state index in [-0.39, 0.29) is 5.69 Å². The monoisotopic (exact) mass is 207 g/mol. The van der Waals surface area contributed by atoms with Crippen molar-refractivity contribution >= 4 is 17.6 Å². The Morgan fingerprint density at radius 2 is 1.85 bits per heavy atom. The largest absolute Gasteiger partial charge is 0.418 e. The summed E-state index contributed by atoms with van der Waals surface area (Å²) in [6, 6.07) is 5.39. The molecule has 0 amide bonds. The quantitative estimate of drug-likeness (QED) is 0.746. The van der Waals surface area contributed by atoms with E-state index in [1.165, 1.54) is 12.1 Å². The number of halogens is 3. The Labute approximate surface area is 78.5 Å². The zero-order valence-corrected chi connectivity index (χ0v) is 7.67. The van der Waals surface area contributed by atoms with Gasteiger partial charge in [-0.1, -0.05) is 24.1 Å². The first-order valence-electron chi connectivity index (χ1n) is 3.51. The van der Waals surface area contributed by atoms with Gasteiger partial charge in [0.2, 0.25) is 0 Å². The van der Waals surface area contributed by atoms with E-state index in [4.69, 9.17) is 0 Å². The van der Waals surface area contributed by atoms with E-state index >= 15 is 0 Å². The first-order valence-corrected chi connectivity index (χ1v) is 4.73. The summed E-state index contributed by atoms with van der Waals surface area (Å²) in [5, 5.41) is 0. The Hall–Kier alpha value is -0.840. The highest BCUT2D eigenvalue weighted by Gasteiger charge is 2.32. The van der Waals surface area contributed by atoms with Crippen LogP contribution in [0.3, 0.4) is 0 Å². The fourth-order valence-corrected chi connectivity index (χ4v) is 1.33. The maximum Gasteiger partial charge on any atom is 0.418 e. The zero-order valence-electron chi connectivity index (χ0n) is 6.85. The number of benzene rings is 1. The minimum absolute atomic E-state index is 0.0995. The fraction of sp³-hybridized carbons (Fsp3) is 0.250. The van der Waals surface area contributed by atoms with Crippen molar-refractivity contribution in [1.82, 2.24) is 0 Å². The molecule has 0 radical (unpaired) electrons. The smallest absolute Gasteiger partial charge is 0.329 e. The number of hydrogen-bond donors (Lipinski definition) is 1. The van der Waals surface area contributed by atoms with Crippen molar-refractivity contribution in [2.75, 3.05) is 11.0 Å². The maximum absolute atomic E-state index is 12.3. The molecule has 0 fully saturated rings. The van der Waals surface area contributed by atoms with E-state index in [1.807, 2.05) is 0 Å². The molecule has 0 heterocycles. The van der Waals surface area contributed by atoms with E-state index in [0.29, 0.717) is 0 Å². The predicted octanol–water partition coefficient (Wildman–Crippen LogP) is 3.40. The second-order valence-electron chi connectivity index (χ2n) is 2.35. The van der Waals surface area contributed by atoms with E-state index in [1.54, 1.807) is 12.3 Å². The lowest BCUT2D eigenvalue weighted by Gasteiger charge is -2.12. The van der Waals surface area contributed by atoms with Crippen molar-refractivity contribution in [2.45, 2.75) is 6.18 Å². The molecule has 0 bridgehead atoms. The van der Waals surface area contributed by atoms with Crippen molar-refractivity contribution in [3.05, 3.63) is 29.8 Å². The van der Waals surface area contributed by atoms with Gasteiger partial charge in [-0.2, -0.15) is 13.2 Å². The van der Waals surface area contributed by atoms with E-state index in [2.05, 4.69) is 4.72 Å². The summed E-state index contributed by atoms with van der Waals surface area (Å²) in [5.74, 6) is 0. The Bertz CT molecular complexity index is 285. The Morgan fingerprint density at radius 1 is 1.23 bits per heavy atom. The standard InChI is InChI=1S/C8H8F3NS/c1-13-12-7-5-3-2-4-6(7)8(9,10)11/h2-5,12H,1H3. The van der Waals surface area contributed by atoms with Gasteiger partial charge in [0.1, 0.15) is 0 Å². The van der Waals surface area contributed by atoms with Crippen LogP contribution >= 0.6 is 11.9 Å². The highest BCUT2D eigenvalue weighted by atomic mass is 32.2. The van der Waals surface area contributed by atoms with Crippen LogP contribution < -0.4 is 4.72 Å². The van der Waals surface area contributed by atoms with Gasteiger partial charge in [-0.25, -0.2) is 0 Å². The number of nitrogens with one attached hydrogen (secondary N) is 1. The molecule has 0 spiro atoms. The minimum Gasteiger partial charge on any atom is -0.329 e. The normalized spacial score (nSPS) is 11.4. The highest BCUT2D eigenvalue weighted by Crippen LogP contribution is 2.35. The average Bonchev–Trinajstić information content (AvgIpc) is 2.04. The molecule has 0 aromatic heterocycles. The van der Waals surface area contributed by atoms with Gasteiger partial charge < -0.3 is 4.72 Å². The third-order valence-corrected chi connectivity index (χ3v) is 1.87. The van der Waals surface area contributed by atoms with Crippen molar-refractivity contribution < 1.29 is 13.2 Å². The van der Waals surface area contributed by atoms with Gasteiger partial charge in [0.15, 0.2) is 0 Å². The average molecular weight is 207 g/mol. The molecule has 1 aromatic carbocycles. The van der Waals surface area contributed by atoms with Gasteiger partial charge in [0, 0.05) is 6.26 Å². The molecule has 13 heavy (non-hydrogen) atoms. The first-order chi connectivity index (χ1) is 6.05. The lowest BCUT2D eigenvalue weighted by Crippen LogP contribution is -2.07. The van der Waals surface area contributed by atoms with E-state index in [0.717, 1.165) is 18.0 Å². The molecule has 0 unspecified atom stereocenters. The number of rotatable bonds is 2. The Kier molecular flexibility index (Phi) is 3.08. The van der Waals surface area contributed by atoms with Gasteiger partial charge in [0.25, 0.3) is 0 Å². The third-order valence-electron chi connectivity index (χ3n) is 1.44. The van der Waals surface area contributed by atoms with Gasteiger partial charge in [-0.05, 0) is 12.1 Å². The molecule has 1 N–H and O–H groups in total. The molecule has 72 valence electrons. The molecule has 0 saturated carbocycles. The molecule has 0 aliphatic heterocycles. The molecular weight excluding hydrogens is 199 g/mol. The van der Waals surface area contributed by atoms with E-state index < -0.39 is 11.7 Å². The number of hydrogen-bond acceptors (Lipinski definition) is 2. The lowest BCUT2D eigenvalue weighted by atomic mass is 10.2. The molecule has 5 heteroatoms. The SMILES string of the molecule is CSNc1ccccc1C(F)(F)F. The molecule has 0 aliphatic rings. The summed E-state index contributed by atoms with van der Waals surface area (Å²) in [4.78, 5) is 0. The molecule has 1 aromatic rings. The van der Waals surface area contributed by atoms with Crippen molar-refractivity contribution in [3.63, 3.8) is 0 Å². The lowest BCUT2D eigenvalue weighted by molar-refractivity contribution is -0.136. The fourth-order valence-electron chi connectivity index (χ4n) is 0.929. The van der Waals surface area contributed by atoms with Crippen LogP contribution in [0.15, 0.2) is 24.3 Å². The van der Waals surface area contributed by atoms with Crippen LogP contribution in [0.2, 0.25) is 0 Å². The molecule has 0 atom stereocenters. The molecule has 1 nitrogen and oxygen atoms in total. The molecule has 1 rings (SSSR count). The van der Waals surface area contributed by atoms with Gasteiger partial charge in [0.05, 0.1) is 11.3 Å². The molecule has 0 saturated heterocycles. The van der Waals surface area contributed by atoms with Crippen LogP contribution in [0.4, 0.5) is 18.9 Å². The van der Waals surface area contributed by atoms with Crippen LogP contribution in [-0.4, -0.2) is 6.26 Å². The Morgan fingerprint density at radius 3 is 2.38 bits per heavy atom. The highest BCUT2D eigenvalue weighted by molar-refractivity contribution is 7.99. The minimum atomic E-state index is -4.29. The topological polar surface area (TPSA) is 12.0 Å². The van der Waals surface area contributed by atoms with Gasteiger partial charge >= 0.3 is 6.18 Å². The third kappa shape index (κ3) is 2.55. The summed E-state index contributed by atoms with van der Waals surface area (Å²) in [6.45, 7) is 0. The summed E-state index contributed by atoms with van der Waals surface area (Å²) in [6.07, 6.45) is -2.62. The number of para-hydroxylation sites is 1. The van der Waals surface area contributed by atoms with Crippen LogP contribution in [0.25, 0.3) is 0 Å². The zero-order chi connectivity index (χ0) is 9.90. The summed E-state index contributed by atoms with van der Waals surface area (Å²) in [7, 11) is 0. The van der Waals surface area contributed by atoms with Crippen LogP contribution in [-0.2, 0) is 6.18 Å². The molecular formula is C8H8F3NS. The van der Waals surface area contributed by atoms with Crippen molar-refractivity contribution in [2.24, 2.45) is 0 Å². The van der Waals surface area contributed by atoms with Crippen LogP contribution in [0, 0.1) is 0 Å². The maximum atomic E-state index is 12.3. The van der Waals surface area contributed by atoms with Gasteiger partial charge in [-0.3, -0.25) is 0 Å². The second kappa shape index (κ2) is 3.91. The number of anilines is 1. The van der Waals surface area contributed by atoms with Crippen molar-refractivity contribution in [3.8, 4) is 0 Å². The van der Waals surface area contributed by atoms with E-state index in [9.17, 15) is 13.2 Å². The first kappa shape index (κ1) is 10.2.